The van der Waals surface area contributed by atoms with Crippen molar-refractivity contribution in [2.24, 2.45) is 0 Å². The van der Waals surface area contributed by atoms with Crippen LogP contribution in [-0.4, -0.2) is 30.8 Å². The minimum atomic E-state index is -0.931. The number of fused-ring (bicyclic) bond motifs is 2. The molecular formula is C12H6Br2Cl2N6O. The lowest BCUT2D eigenvalue weighted by molar-refractivity contribution is -0.115. The van der Waals surface area contributed by atoms with Crippen LogP contribution in [0, 0.1) is 0 Å². The number of aromatic nitrogens is 5. The second-order valence-corrected chi connectivity index (χ2v) is 8.47. The molecule has 0 bridgehead atoms. The van der Waals surface area contributed by atoms with Crippen LogP contribution in [0.5, 0.6) is 0 Å². The highest BCUT2D eigenvalue weighted by Gasteiger charge is 2.43. The van der Waals surface area contributed by atoms with Crippen molar-refractivity contribution in [2.45, 2.75) is 3.23 Å². The molecule has 0 radical (unpaired) electrons. The number of halogens is 4. The maximum atomic E-state index is 11.3. The number of carbonyl (C=O) groups is 1. The van der Waals surface area contributed by atoms with E-state index in [1.807, 2.05) is 6.07 Å². The van der Waals surface area contributed by atoms with Gasteiger partial charge in [-0.2, -0.15) is 9.97 Å². The van der Waals surface area contributed by atoms with E-state index < -0.39 is 3.23 Å². The molecule has 0 aliphatic carbocycles. The number of H-pyrrole nitrogens is 1. The average molecular weight is 481 g/mol. The van der Waals surface area contributed by atoms with Crippen molar-refractivity contribution in [1.29, 1.82) is 0 Å². The van der Waals surface area contributed by atoms with E-state index in [9.17, 15) is 4.79 Å². The molecule has 0 aromatic carbocycles. The molecule has 1 amide bonds. The third-order valence-corrected chi connectivity index (χ3v) is 4.82. The first-order valence-corrected chi connectivity index (χ1v) is 8.40. The number of rotatable bonds is 0. The molecule has 23 heavy (non-hydrogen) atoms. The maximum absolute atomic E-state index is 11.3. The van der Waals surface area contributed by atoms with E-state index >= 15 is 0 Å². The predicted molar refractivity (Wildman–Crippen MR) is 94.1 cm³/mol. The fraction of sp³-hybridized carbons (Fsp3) is 0.0833. The van der Waals surface area contributed by atoms with Gasteiger partial charge in [-0.05, 0) is 29.3 Å². The van der Waals surface area contributed by atoms with Crippen LogP contribution < -0.4 is 5.32 Å². The second kappa shape index (κ2) is 6.31. The molecule has 0 spiro atoms. The summed E-state index contributed by atoms with van der Waals surface area (Å²) in [5.74, 6) is 0.192. The lowest BCUT2D eigenvalue weighted by atomic mass is 10.3. The van der Waals surface area contributed by atoms with Gasteiger partial charge in [-0.15, -0.1) is 0 Å². The molecule has 1 aliphatic rings. The van der Waals surface area contributed by atoms with Crippen molar-refractivity contribution in [1.82, 2.24) is 24.9 Å². The molecule has 11 heteroatoms. The Morgan fingerprint density at radius 1 is 1.09 bits per heavy atom. The normalized spacial score (nSPS) is 14.9. The third-order valence-electron chi connectivity index (χ3n) is 2.89. The molecule has 1 aliphatic heterocycles. The summed E-state index contributed by atoms with van der Waals surface area (Å²) in [7, 11) is 0. The minimum Gasteiger partial charge on any atom is -0.346 e. The summed E-state index contributed by atoms with van der Waals surface area (Å²) in [4.78, 5) is 29.7. The van der Waals surface area contributed by atoms with Gasteiger partial charge in [0.1, 0.15) is 11.5 Å². The topological polar surface area (TPSA) is 96.5 Å². The van der Waals surface area contributed by atoms with Crippen molar-refractivity contribution in [2.75, 3.05) is 5.32 Å². The third kappa shape index (κ3) is 3.32. The zero-order valence-electron chi connectivity index (χ0n) is 11.0. The van der Waals surface area contributed by atoms with Crippen molar-refractivity contribution in [3.05, 3.63) is 40.8 Å². The highest BCUT2D eigenvalue weighted by molar-refractivity contribution is 9.25. The summed E-state index contributed by atoms with van der Waals surface area (Å²) in [6.45, 7) is 0. The van der Waals surface area contributed by atoms with Gasteiger partial charge in [0.25, 0.3) is 5.91 Å². The van der Waals surface area contributed by atoms with E-state index in [1.54, 1.807) is 12.4 Å². The van der Waals surface area contributed by atoms with Crippen LogP contribution in [0.3, 0.4) is 0 Å². The Kier molecular flexibility index (Phi) is 4.54. The molecule has 0 fully saturated rings. The smallest absolute Gasteiger partial charge is 0.258 e. The Balaban J connectivity index is 0.000000140. The molecule has 0 unspecified atom stereocenters. The molecule has 0 saturated carbocycles. The van der Waals surface area contributed by atoms with Gasteiger partial charge in [-0.25, -0.2) is 9.97 Å². The predicted octanol–water partition coefficient (Wildman–Crippen LogP) is 3.64. The first-order valence-electron chi connectivity index (χ1n) is 6.06. The lowest BCUT2D eigenvalue weighted by Crippen LogP contribution is -2.20. The monoisotopic (exact) mass is 478 g/mol. The summed E-state index contributed by atoms with van der Waals surface area (Å²) in [5.41, 5.74) is 1.40. The van der Waals surface area contributed by atoms with E-state index in [1.165, 1.54) is 6.20 Å². The maximum Gasteiger partial charge on any atom is 0.258 e. The number of carbonyl (C=O) groups excluding carboxylic acids is 1. The first-order chi connectivity index (χ1) is 10.9. The van der Waals surface area contributed by atoms with E-state index in [4.69, 9.17) is 23.2 Å². The van der Waals surface area contributed by atoms with Crippen LogP contribution in [0.1, 0.15) is 5.56 Å². The average Bonchev–Trinajstić information content (AvgIpc) is 3.02. The second-order valence-electron chi connectivity index (χ2n) is 4.35. The quantitative estimate of drug-likeness (QED) is 0.378. The van der Waals surface area contributed by atoms with Crippen LogP contribution in [0.2, 0.25) is 10.6 Å². The van der Waals surface area contributed by atoms with Gasteiger partial charge in [0.05, 0.1) is 5.56 Å². The number of hydrogen-bond donors (Lipinski definition) is 2. The number of amides is 1. The zero-order chi connectivity index (χ0) is 16.6. The molecule has 118 valence electrons. The summed E-state index contributed by atoms with van der Waals surface area (Å²) in [6, 6.07) is 1.89. The van der Waals surface area contributed by atoms with Crippen LogP contribution in [0.15, 0.2) is 24.7 Å². The highest BCUT2D eigenvalue weighted by Crippen LogP contribution is 2.46. The zero-order valence-corrected chi connectivity index (χ0v) is 15.7. The number of nitrogens with zero attached hydrogens (tertiary/aromatic N) is 4. The van der Waals surface area contributed by atoms with Crippen LogP contribution in [0.25, 0.3) is 11.0 Å². The molecule has 0 atom stereocenters. The lowest BCUT2D eigenvalue weighted by Gasteiger charge is -2.08. The SMILES string of the molecule is Clc1ncc2cc[nH]c2n1.O=C1Nc2nc(Cl)ncc2C1(Br)Br. The van der Waals surface area contributed by atoms with Gasteiger partial charge in [-0.3, -0.25) is 4.79 Å². The summed E-state index contributed by atoms with van der Waals surface area (Å²) >= 11 is 17.5. The van der Waals surface area contributed by atoms with Crippen molar-refractivity contribution in [3.8, 4) is 0 Å². The number of anilines is 1. The van der Waals surface area contributed by atoms with Crippen LogP contribution >= 0.6 is 55.1 Å². The fourth-order valence-electron chi connectivity index (χ4n) is 1.81. The largest absolute Gasteiger partial charge is 0.346 e. The summed E-state index contributed by atoms with van der Waals surface area (Å²) in [5, 5.41) is 3.92. The minimum absolute atomic E-state index is 0.108. The van der Waals surface area contributed by atoms with E-state index in [0.29, 0.717) is 11.4 Å². The molecular weight excluding hydrogens is 475 g/mol. The van der Waals surface area contributed by atoms with Crippen molar-refractivity contribution in [3.63, 3.8) is 0 Å². The highest BCUT2D eigenvalue weighted by atomic mass is 79.9. The number of alkyl halides is 2. The molecule has 3 aromatic rings. The Labute approximate surface area is 156 Å². The van der Waals surface area contributed by atoms with Gasteiger partial charge < -0.3 is 10.3 Å². The molecule has 7 nitrogen and oxygen atoms in total. The van der Waals surface area contributed by atoms with Gasteiger partial charge in [0, 0.05) is 24.0 Å². The molecule has 4 heterocycles. The van der Waals surface area contributed by atoms with Gasteiger partial charge in [0.2, 0.25) is 10.6 Å². The van der Waals surface area contributed by atoms with Crippen molar-refractivity contribution < 1.29 is 4.79 Å². The molecule has 3 aromatic heterocycles. The van der Waals surface area contributed by atoms with E-state index in [0.717, 1.165) is 11.0 Å². The first kappa shape index (κ1) is 16.6. The molecule has 2 N–H and O–H groups in total. The standard InChI is InChI=1S/C6H2Br2ClN3O.C6H4ClN3/c7-6(8)2-1-10-5(9)12-3(2)11-4(6)13;7-6-9-3-4-1-2-8-5(4)10-6/h1H,(H,10,11,12,13);1-3H,(H,8,9,10). The van der Waals surface area contributed by atoms with Gasteiger partial charge >= 0.3 is 0 Å². The Hall–Kier alpha value is -1.29. The molecule has 4 rings (SSSR count). The number of nitrogens with one attached hydrogen (secondary N) is 2. The van der Waals surface area contributed by atoms with Crippen molar-refractivity contribution >= 4 is 77.8 Å². The Bertz CT molecular complexity index is 900. The fourth-order valence-corrected chi connectivity index (χ4v) is 2.86. The van der Waals surface area contributed by atoms with Crippen LogP contribution in [0.4, 0.5) is 5.82 Å². The Morgan fingerprint density at radius 3 is 2.57 bits per heavy atom. The summed E-state index contributed by atoms with van der Waals surface area (Å²) in [6.07, 6.45) is 4.98. The van der Waals surface area contributed by atoms with E-state index in [-0.39, 0.29) is 16.5 Å². The van der Waals surface area contributed by atoms with Crippen LogP contribution in [-0.2, 0) is 8.03 Å². The Morgan fingerprint density at radius 2 is 1.78 bits per heavy atom. The molecule has 0 saturated heterocycles. The summed E-state index contributed by atoms with van der Waals surface area (Å²) < 4.78 is -0.931. The number of hydrogen-bond acceptors (Lipinski definition) is 5. The van der Waals surface area contributed by atoms with Gasteiger partial charge in [0.15, 0.2) is 3.23 Å². The number of aromatic amines is 1. The van der Waals surface area contributed by atoms with Gasteiger partial charge in [-0.1, -0.05) is 31.9 Å². The van der Waals surface area contributed by atoms with E-state index in [2.05, 4.69) is 62.1 Å².